The monoisotopic (exact) mass is 222 g/mol. The largest absolute Gasteiger partial charge is 0.371 e. The summed E-state index contributed by atoms with van der Waals surface area (Å²) >= 11 is 0. The van der Waals surface area contributed by atoms with Crippen LogP contribution in [0.1, 0.15) is 59.8 Å². The lowest BCUT2D eigenvalue weighted by atomic mass is 9.70. The summed E-state index contributed by atoms with van der Waals surface area (Å²) in [5.74, 6) is 2.44. The molecule has 1 heterocycles. The summed E-state index contributed by atoms with van der Waals surface area (Å²) < 4.78 is 6.44. The van der Waals surface area contributed by atoms with E-state index in [1.165, 1.54) is 32.1 Å². The van der Waals surface area contributed by atoms with Gasteiger partial charge in [0, 0.05) is 0 Å². The quantitative estimate of drug-likeness (QED) is 0.601. The molecule has 2 aliphatic carbocycles. The fourth-order valence-corrected chi connectivity index (χ4v) is 4.99. The van der Waals surface area contributed by atoms with Crippen molar-refractivity contribution in [3.8, 4) is 0 Å². The minimum absolute atomic E-state index is 0.138. The van der Waals surface area contributed by atoms with Gasteiger partial charge in [-0.05, 0) is 62.7 Å². The molecular weight excluding hydrogens is 196 g/mol. The SMILES string of the molecule is C[C@@H]1CCC[C@@]2(C)CC[C@H]3[C@H]2[C@@H]1OC3(C)C. The van der Waals surface area contributed by atoms with Crippen molar-refractivity contribution in [3.63, 3.8) is 0 Å². The van der Waals surface area contributed by atoms with Crippen molar-refractivity contribution in [1.29, 1.82) is 0 Å². The minimum Gasteiger partial charge on any atom is -0.371 e. The van der Waals surface area contributed by atoms with Gasteiger partial charge in [0.25, 0.3) is 0 Å². The van der Waals surface area contributed by atoms with Gasteiger partial charge < -0.3 is 4.74 Å². The summed E-state index contributed by atoms with van der Waals surface area (Å²) in [6.07, 6.45) is 7.63. The van der Waals surface area contributed by atoms with Crippen molar-refractivity contribution in [2.24, 2.45) is 23.2 Å². The summed E-state index contributed by atoms with van der Waals surface area (Å²) in [5.41, 5.74) is 0.729. The van der Waals surface area contributed by atoms with E-state index in [1.807, 2.05) is 0 Å². The van der Waals surface area contributed by atoms with E-state index in [4.69, 9.17) is 4.74 Å². The van der Waals surface area contributed by atoms with Crippen molar-refractivity contribution in [3.05, 3.63) is 0 Å². The first-order valence-electron chi connectivity index (χ1n) is 7.12. The highest BCUT2D eigenvalue weighted by Crippen LogP contribution is 2.62. The minimum atomic E-state index is 0.138. The van der Waals surface area contributed by atoms with Crippen LogP contribution in [0.3, 0.4) is 0 Å². The Morgan fingerprint density at radius 3 is 2.56 bits per heavy atom. The molecule has 0 bridgehead atoms. The van der Waals surface area contributed by atoms with Crippen LogP contribution < -0.4 is 0 Å². The van der Waals surface area contributed by atoms with Crippen LogP contribution in [0.15, 0.2) is 0 Å². The Hall–Kier alpha value is -0.0400. The molecular formula is C15H26O. The smallest absolute Gasteiger partial charge is 0.0662 e. The molecule has 1 aliphatic heterocycles. The van der Waals surface area contributed by atoms with Crippen LogP contribution in [0.2, 0.25) is 0 Å². The van der Waals surface area contributed by atoms with Gasteiger partial charge in [0.1, 0.15) is 0 Å². The van der Waals surface area contributed by atoms with Crippen LogP contribution in [0.5, 0.6) is 0 Å². The Morgan fingerprint density at radius 1 is 1.06 bits per heavy atom. The summed E-state index contributed by atoms with van der Waals surface area (Å²) in [5, 5.41) is 0. The van der Waals surface area contributed by atoms with E-state index in [2.05, 4.69) is 27.7 Å². The molecule has 92 valence electrons. The third kappa shape index (κ3) is 1.33. The molecule has 0 radical (unpaired) electrons. The number of rotatable bonds is 0. The first-order valence-corrected chi connectivity index (χ1v) is 7.12. The van der Waals surface area contributed by atoms with Crippen molar-refractivity contribution in [1.82, 2.24) is 0 Å². The Labute approximate surface area is 99.9 Å². The third-order valence-electron chi connectivity index (χ3n) is 5.92. The highest BCUT2D eigenvalue weighted by molar-refractivity contribution is 5.09. The summed E-state index contributed by atoms with van der Waals surface area (Å²) in [7, 11) is 0. The van der Waals surface area contributed by atoms with Gasteiger partial charge in [0.05, 0.1) is 11.7 Å². The molecule has 0 aromatic rings. The maximum atomic E-state index is 6.44. The Balaban J connectivity index is 2.00. The summed E-state index contributed by atoms with van der Waals surface area (Å²) in [6.45, 7) is 9.59. The standard InChI is InChI=1S/C15H26O/c1-10-6-5-8-15(4)9-7-11-12(15)13(10)16-14(11,2)3/h10-13H,5-9H2,1-4H3/t10-,11+,12+,13-,15+/m1/s1. The number of ether oxygens (including phenoxy) is 1. The fraction of sp³-hybridized carbons (Fsp3) is 1.00. The van der Waals surface area contributed by atoms with Gasteiger partial charge in [-0.15, -0.1) is 0 Å². The maximum absolute atomic E-state index is 6.44. The molecule has 0 spiro atoms. The lowest BCUT2D eigenvalue weighted by Gasteiger charge is -2.33. The molecule has 3 fully saturated rings. The van der Waals surface area contributed by atoms with E-state index in [9.17, 15) is 0 Å². The molecule has 0 unspecified atom stereocenters. The first kappa shape index (κ1) is 11.1. The summed E-state index contributed by atoms with van der Waals surface area (Å²) in [6, 6.07) is 0. The van der Waals surface area contributed by atoms with Crippen molar-refractivity contribution in [2.45, 2.75) is 71.5 Å². The topological polar surface area (TPSA) is 9.23 Å². The lowest BCUT2D eigenvalue weighted by Crippen LogP contribution is -2.32. The molecule has 0 amide bonds. The van der Waals surface area contributed by atoms with E-state index in [1.54, 1.807) is 0 Å². The molecule has 3 rings (SSSR count). The highest BCUT2D eigenvalue weighted by atomic mass is 16.5. The van der Waals surface area contributed by atoms with E-state index < -0.39 is 0 Å². The second-order valence-corrected chi connectivity index (χ2v) is 7.38. The fourth-order valence-electron chi connectivity index (χ4n) is 4.99. The van der Waals surface area contributed by atoms with Crippen LogP contribution in [-0.2, 0) is 4.74 Å². The van der Waals surface area contributed by atoms with Crippen LogP contribution >= 0.6 is 0 Å². The predicted octanol–water partition coefficient (Wildman–Crippen LogP) is 4.02. The second kappa shape index (κ2) is 3.25. The molecule has 1 saturated heterocycles. The molecule has 0 N–H and O–H groups in total. The average Bonchev–Trinajstić information content (AvgIpc) is 2.62. The Bertz CT molecular complexity index is 296. The van der Waals surface area contributed by atoms with Crippen LogP contribution in [0.4, 0.5) is 0 Å². The molecule has 2 saturated carbocycles. The molecule has 1 heteroatoms. The zero-order valence-corrected chi connectivity index (χ0v) is 11.3. The van der Waals surface area contributed by atoms with Crippen molar-refractivity contribution < 1.29 is 4.74 Å². The van der Waals surface area contributed by atoms with E-state index in [0.29, 0.717) is 11.5 Å². The molecule has 1 nitrogen and oxygen atoms in total. The van der Waals surface area contributed by atoms with Crippen LogP contribution in [-0.4, -0.2) is 11.7 Å². The van der Waals surface area contributed by atoms with Gasteiger partial charge in [0.15, 0.2) is 0 Å². The zero-order valence-electron chi connectivity index (χ0n) is 11.3. The molecule has 16 heavy (non-hydrogen) atoms. The van der Waals surface area contributed by atoms with E-state index in [0.717, 1.165) is 17.8 Å². The van der Waals surface area contributed by atoms with Gasteiger partial charge in [0.2, 0.25) is 0 Å². The van der Waals surface area contributed by atoms with Crippen LogP contribution in [0, 0.1) is 23.2 Å². The number of hydrogen-bond acceptors (Lipinski definition) is 1. The zero-order chi connectivity index (χ0) is 11.6. The van der Waals surface area contributed by atoms with Gasteiger partial charge in [-0.25, -0.2) is 0 Å². The Kier molecular flexibility index (Phi) is 2.25. The van der Waals surface area contributed by atoms with Gasteiger partial charge in [-0.1, -0.05) is 20.3 Å². The molecule has 0 aromatic heterocycles. The van der Waals surface area contributed by atoms with Gasteiger partial charge >= 0.3 is 0 Å². The average molecular weight is 222 g/mol. The van der Waals surface area contributed by atoms with Gasteiger partial charge in [-0.2, -0.15) is 0 Å². The van der Waals surface area contributed by atoms with Crippen LogP contribution in [0.25, 0.3) is 0 Å². The lowest BCUT2D eigenvalue weighted by molar-refractivity contribution is -0.0632. The number of hydrogen-bond donors (Lipinski definition) is 0. The van der Waals surface area contributed by atoms with Crippen molar-refractivity contribution in [2.75, 3.05) is 0 Å². The summed E-state index contributed by atoms with van der Waals surface area (Å²) in [4.78, 5) is 0. The third-order valence-corrected chi connectivity index (χ3v) is 5.92. The Morgan fingerprint density at radius 2 is 1.81 bits per heavy atom. The normalized spacial score (nSPS) is 54.8. The second-order valence-electron chi connectivity index (χ2n) is 7.38. The van der Waals surface area contributed by atoms with Crippen molar-refractivity contribution >= 4 is 0 Å². The molecule has 5 atom stereocenters. The van der Waals surface area contributed by atoms with E-state index >= 15 is 0 Å². The maximum Gasteiger partial charge on any atom is 0.0662 e. The molecule has 3 aliphatic rings. The van der Waals surface area contributed by atoms with Gasteiger partial charge in [-0.3, -0.25) is 0 Å². The first-order chi connectivity index (χ1) is 7.44. The highest BCUT2D eigenvalue weighted by Gasteiger charge is 2.61. The predicted molar refractivity (Wildman–Crippen MR) is 66.3 cm³/mol. The molecule has 0 aromatic carbocycles. The van der Waals surface area contributed by atoms with E-state index in [-0.39, 0.29) is 5.60 Å².